The van der Waals surface area contributed by atoms with E-state index in [0.29, 0.717) is 12.2 Å². The Hall–Kier alpha value is -2.14. The Bertz CT molecular complexity index is 455. The standard InChI is InChI=1S/C13H16N2O3/c1-2-18-12(16)8-4-6-10-5-3-7-11(9-10)13(17)15-14/h3-7,9H,2,8,14H2,1H3,(H,15,17). The number of nitrogens with two attached hydrogens (primary N) is 1. The van der Waals surface area contributed by atoms with Gasteiger partial charge in [0, 0.05) is 5.56 Å². The lowest BCUT2D eigenvalue weighted by atomic mass is 10.1. The summed E-state index contributed by atoms with van der Waals surface area (Å²) < 4.78 is 4.79. The van der Waals surface area contributed by atoms with Gasteiger partial charge >= 0.3 is 5.97 Å². The highest BCUT2D eigenvalue weighted by Crippen LogP contribution is 2.07. The van der Waals surface area contributed by atoms with Crippen LogP contribution in [0.4, 0.5) is 0 Å². The maximum Gasteiger partial charge on any atom is 0.309 e. The van der Waals surface area contributed by atoms with Crippen LogP contribution in [-0.4, -0.2) is 18.5 Å². The summed E-state index contributed by atoms with van der Waals surface area (Å²) in [6.45, 7) is 2.13. The monoisotopic (exact) mass is 248 g/mol. The molecule has 0 atom stereocenters. The number of esters is 1. The molecule has 0 fully saturated rings. The fourth-order valence-corrected chi connectivity index (χ4v) is 1.38. The molecule has 1 aromatic carbocycles. The van der Waals surface area contributed by atoms with E-state index in [0.717, 1.165) is 5.56 Å². The first-order valence-corrected chi connectivity index (χ1v) is 5.60. The number of ether oxygens (including phenoxy) is 1. The van der Waals surface area contributed by atoms with Crippen molar-refractivity contribution in [1.29, 1.82) is 0 Å². The van der Waals surface area contributed by atoms with Crippen LogP contribution in [0.15, 0.2) is 30.3 Å². The molecule has 0 aliphatic heterocycles. The van der Waals surface area contributed by atoms with Crippen LogP contribution < -0.4 is 11.3 Å². The van der Waals surface area contributed by atoms with E-state index >= 15 is 0 Å². The summed E-state index contributed by atoms with van der Waals surface area (Å²) >= 11 is 0. The third kappa shape index (κ3) is 4.39. The average molecular weight is 248 g/mol. The fourth-order valence-electron chi connectivity index (χ4n) is 1.38. The molecule has 0 saturated carbocycles. The van der Waals surface area contributed by atoms with E-state index in [1.54, 1.807) is 37.3 Å². The van der Waals surface area contributed by atoms with Crippen molar-refractivity contribution in [3.8, 4) is 0 Å². The first kappa shape index (κ1) is 13.9. The molecule has 5 heteroatoms. The van der Waals surface area contributed by atoms with Gasteiger partial charge in [-0.05, 0) is 24.6 Å². The molecule has 0 saturated heterocycles. The molecule has 0 spiro atoms. The number of hydrazine groups is 1. The van der Waals surface area contributed by atoms with Gasteiger partial charge < -0.3 is 4.74 Å². The third-order valence-corrected chi connectivity index (χ3v) is 2.18. The number of benzene rings is 1. The smallest absolute Gasteiger partial charge is 0.309 e. The lowest BCUT2D eigenvalue weighted by Crippen LogP contribution is -2.29. The molecule has 0 aliphatic carbocycles. The largest absolute Gasteiger partial charge is 0.466 e. The molecule has 0 bridgehead atoms. The van der Waals surface area contributed by atoms with Gasteiger partial charge in [-0.1, -0.05) is 24.3 Å². The SMILES string of the molecule is CCOC(=O)CC=Cc1cccc(C(=O)NN)c1. The first-order chi connectivity index (χ1) is 8.67. The number of rotatable bonds is 5. The second-order valence-corrected chi connectivity index (χ2v) is 3.51. The lowest BCUT2D eigenvalue weighted by Gasteiger charge is -2.00. The van der Waals surface area contributed by atoms with Gasteiger partial charge in [0.1, 0.15) is 0 Å². The fraction of sp³-hybridized carbons (Fsp3) is 0.231. The minimum Gasteiger partial charge on any atom is -0.466 e. The van der Waals surface area contributed by atoms with Gasteiger partial charge in [0.2, 0.25) is 0 Å². The molecule has 0 aliphatic rings. The summed E-state index contributed by atoms with van der Waals surface area (Å²) in [6.07, 6.45) is 3.66. The Morgan fingerprint density at radius 2 is 2.22 bits per heavy atom. The van der Waals surface area contributed by atoms with Gasteiger partial charge in [-0.2, -0.15) is 0 Å². The highest BCUT2D eigenvalue weighted by molar-refractivity contribution is 5.94. The maximum absolute atomic E-state index is 11.3. The van der Waals surface area contributed by atoms with Crippen LogP contribution in [0, 0.1) is 0 Å². The zero-order valence-corrected chi connectivity index (χ0v) is 10.2. The zero-order valence-electron chi connectivity index (χ0n) is 10.2. The number of carbonyl (C=O) groups is 2. The van der Waals surface area contributed by atoms with Crippen molar-refractivity contribution in [2.75, 3.05) is 6.61 Å². The summed E-state index contributed by atoms with van der Waals surface area (Å²) in [4.78, 5) is 22.4. The quantitative estimate of drug-likeness (QED) is 0.356. The van der Waals surface area contributed by atoms with E-state index in [9.17, 15) is 9.59 Å². The maximum atomic E-state index is 11.3. The van der Waals surface area contributed by atoms with Crippen molar-refractivity contribution in [1.82, 2.24) is 5.43 Å². The molecular weight excluding hydrogens is 232 g/mol. The van der Waals surface area contributed by atoms with E-state index in [1.165, 1.54) is 0 Å². The van der Waals surface area contributed by atoms with Crippen molar-refractivity contribution < 1.29 is 14.3 Å². The molecule has 0 unspecified atom stereocenters. The second-order valence-electron chi connectivity index (χ2n) is 3.51. The average Bonchev–Trinajstić information content (AvgIpc) is 2.38. The van der Waals surface area contributed by atoms with Gasteiger partial charge in [-0.15, -0.1) is 0 Å². The van der Waals surface area contributed by atoms with Gasteiger partial charge in [0.05, 0.1) is 13.0 Å². The minimum absolute atomic E-state index is 0.209. The van der Waals surface area contributed by atoms with Crippen molar-refractivity contribution in [2.45, 2.75) is 13.3 Å². The summed E-state index contributed by atoms with van der Waals surface area (Å²) in [5.41, 5.74) is 3.35. The highest BCUT2D eigenvalue weighted by Gasteiger charge is 2.02. The van der Waals surface area contributed by atoms with Crippen LogP contribution in [0.25, 0.3) is 6.08 Å². The number of hydrogen-bond donors (Lipinski definition) is 2. The number of nitrogens with one attached hydrogen (secondary N) is 1. The van der Waals surface area contributed by atoms with E-state index in [-0.39, 0.29) is 18.3 Å². The summed E-state index contributed by atoms with van der Waals surface area (Å²) in [5.74, 6) is 4.42. The van der Waals surface area contributed by atoms with Crippen LogP contribution in [-0.2, 0) is 9.53 Å². The lowest BCUT2D eigenvalue weighted by molar-refractivity contribution is -0.142. The van der Waals surface area contributed by atoms with Gasteiger partial charge in [-0.25, -0.2) is 5.84 Å². The molecule has 3 N–H and O–H groups in total. The zero-order chi connectivity index (χ0) is 13.4. The summed E-state index contributed by atoms with van der Waals surface area (Å²) in [7, 11) is 0. The van der Waals surface area contributed by atoms with Crippen molar-refractivity contribution >= 4 is 18.0 Å². The number of amides is 1. The van der Waals surface area contributed by atoms with E-state index in [1.807, 2.05) is 6.07 Å². The number of hydrogen-bond acceptors (Lipinski definition) is 4. The summed E-state index contributed by atoms with van der Waals surface area (Å²) in [5, 5.41) is 0. The van der Waals surface area contributed by atoms with E-state index < -0.39 is 0 Å². The normalized spacial score (nSPS) is 10.3. The predicted molar refractivity (Wildman–Crippen MR) is 68.4 cm³/mol. The van der Waals surface area contributed by atoms with Crippen LogP contribution in [0.5, 0.6) is 0 Å². The van der Waals surface area contributed by atoms with Crippen LogP contribution in [0.3, 0.4) is 0 Å². The Kier molecular flexibility index (Phi) is 5.60. The number of carbonyl (C=O) groups excluding carboxylic acids is 2. The van der Waals surface area contributed by atoms with Gasteiger partial charge in [-0.3, -0.25) is 15.0 Å². The van der Waals surface area contributed by atoms with E-state index in [2.05, 4.69) is 5.43 Å². The second kappa shape index (κ2) is 7.24. The molecule has 0 radical (unpaired) electrons. The van der Waals surface area contributed by atoms with Crippen LogP contribution >= 0.6 is 0 Å². The number of nitrogen functional groups attached to an aromatic ring is 1. The Morgan fingerprint density at radius 3 is 2.89 bits per heavy atom. The molecular formula is C13H16N2O3. The third-order valence-electron chi connectivity index (χ3n) is 2.18. The molecule has 5 nitrogen and oxygen atoms in total. The molecule has 0 aromatic heterocycles. The van der Waals surface area contributed by atoms with Crippen LogP contribution in [0.1, 0.15) is 29.3 Å². The highest BCUT2D eigenvalue weighted by atomic mass is 16.5. The van der Waals surface area contributed by atoms with Crippen molar-refractivity contribution in [3.05, 3.63) is 41.5 Å². The first-order valence-electron chi connectivity index (χ1n) is 5.60. The Labute approximate surface area is 106 Å². The predicted octanol–water partition coefficient (Wildman–Crippen LogP) is 1.26. The van der Waals surface area contributed by atoms with Crippen molar-refractivity contribution in [3.63, 3.8) is 0 Å². The summed E-state index contributed by atoms with van der Waals surface area (Å²) in [6, 6.07) is 6.91. The molecule has 1 rings (SSSR count). The molecule has 18 heavy (non-hydrogen) atoms. The molecule has 96 valence electrons. The van der Waals surface area contributed by atoms with Crippen molar-refractivity contribution in [2.24, 2.45) is 5.84 Å². The molecule has 1 aromatic rings. The van der Waals surface area contributed by atoms with E-state index in [4.69, 9.17) is 10.6 Å². The Morgan fingerprint density at radius 1 is 1.44 bits per heavy atom. The minimum atomic E-state index is -0.351. The topological polar surface area (TPSA) is 81.4 Å². The molecule has 1 amide bonds. The van der Waals surface area contributed by atoms with Gasteiger partial charge in [0.15, 0.2) is 0 Å². The molecule has 0 heterocycles. The van der Waals surface area contributed by atoms with Crippen LogP contribution in [0.2, 0.25) is 0 Å². The van der Waals surface area contributed by atoms with Gasteiger partial charge in [0.25, 0.3) is 5.91 Å². The Balaban J connectivity index is 2.64.